The zero-order valence-electron chi connectivity index (χ0n) is 22.9. The number of anilines is 4. The third kappa shape index (κ3) is 6.03. The molecule has 3 aliphatic heterocycles. The van der Waals surface area contributed by atoms with Crippen molar-refractivity contribution in [3.8, 4) is 0 Å². The molecule has 3 aliphatic rings. The molecule has 3 fully saturated rings. The highest BCUT2D eigenvalue weighted by atomic mass is 16.1. The second kappa shape index (κ2) is 11.8. The van der Waals surface area contributed by atoms with Crippen molar-refractivity contribution >= 4 is 28.9 Å². The van der Waals surface area contributed by atoms with Crippen molar-refractivity contribution in [3.63, 3.8) is 0 Å². The molecule has 4 heterocycles. The molecular weight excluding hydrogens is 478 g/mol. The van der Waals surface area contributed by atoms with Crippen molar-refractivity contribution in [2.24, 2.45) is 11.5 Å². The van der Waals surface area contributed by atoms with E-state index in [1.807, 2.05) is 19.1 Å². The Morgan fingerprint density at radius 1 is 0.974 bits per heavy atom. The van der Waals surface area contributed by atoms with Crippen LogP contribution >= 0.6 is 0 Å². The summed E-state index contributed by atoms with van der Waals surface area (Å²) in [5.74, 6) is 0.594. The van der Waals surface area contributed by atoms with Crippen LogP contribution < -0.4 is 26.6 Å². The minimum absolute atomic E-state index is 0.113. The first kappa shape index (κ1) is 26.6. The van der Waals surface area contributed by atoms with Gasteiger partial charge in [0.2, 0.25) is 0 Å². The summed E-state index contributed by atoms with van der Waals surface area (Å²) in [6.07, 6.45) is 5.09. The lowest BCUT2D eigenvalue weighted by atomic mass is 10.0. The summed E-state index contributed by atoms with van der Waals surface area (Å²) in [5, 5.41) is 3.32. The number of nitrogens with two attached hydrogens (primary N) is 2. The van der Waals surface area contributed by atoms with E-state index in [0.717, 1.165) is 56.2 Å². The number of nitrogens with one attached hydrogen (secondary N) is 1. The number of aromatic nitrogens is 2. The van der Waals surface area contributed by atoms with Crippen molar-refractivity contribution in [1.29, 1.82) is 0 Å². The number of hydrogen-bond acceptors (Lipinski definition) is 9. The number of aryl methyl sites for hydroxylation is 1. The second-order valence-electron chi connectivity index (χ2n) is 11.0. The topological polar surface area (TPSA) is 120 Å². The van der Waals surface area contributed by atoms with E-state index in [2.05, 4.69) is 49.1 Å². The van der Waals surface area contributed by atoms with Gasteiger partial charge in [-0.15, -0.1) is 0 Å². The van der Waals surface area contributed by atoms with Crippen molar-refractivity contribution in [3.05, 3.63) is 35.7 Å². The molecule has 1 aromatic heterocycles. The Bertz CT molecular complexity index is 1090. The van der Waals surface area contributed by atoms with E-state index < -0.39 is 5.91 Å². The number of primary amides is 1. The van der Waals surface area contributed by atoms with E-state index in [0.29, 0.717) is 18.3 Å². The van der Waals surface area contributed by atoms with E-state index in [9.17, 15) is 4.79 Å². The molecule has 1 aromatic carbocycles. The van der Waals surface area contributed by atoms with Gasteiger partial charge in [-0.3, -0.25) is 9.69 Å². The van der Waals surface area contributed by atoms with Crippen LogP contribution in [0.5, 0.6) is 0 Å². The molecule has 0 aliphatic carbocycles. The van der Waals surface area contributed by atoms with Gasteiger partial charge in [-0.2, -0.15) is 0 Å². The summed E-state index contributed by atoms with van der Waals surface area (Å²) in [5.41, 5.74) is 15.0. The molecule has 1 atom stereocenters. The van der Waals surface area contributed by atoms with Gasteiger partial charge in [0.1, 0.15) is 0 Å². The van der Waals surface area contributed by atoms with Crippen molar-refractivity contribution in [2.45, 2.75) is 51.1 Å². The lowest BCUT2D eigenvalue weighted by Gasteiger charge is -2.42. The van der Waals surface area contributed by atoms with Crippen molar-refractivity contribution < 1.29 is 4.79 Å². The van der Waals surface area contributed by atoms with Gasteiger partial charge in [0.05, 0.1) is 5.69 Å². The third-order valence-electron chi connectivity index (χ3n) is 8.29. The quantitative estimate of drug-likeness (QED) is 0.503. The molecule has 5 rings (SSSR count). The molecule has 5 N–H and O–H groups in total. The summed E-state index contributed by atoms with van der Waals surface area (Å²) in [6, 6.07) is 9.17. The summed E-state index contributed by atoms with van der Waals surface area (Å²) in [7, 11) is 2.21. The van der Waals surface area contributed by atoms with Crippen LogP contribution in [-0.4, -0.2) is 97.2 Å². The predicted molar refractivity (Wildman–Crippen MR) is 153 cm³/mol. The zero-order valence-corrected chi connectivity index (χ0v) is 22.9. The van der Waals surface area contributed by atoms with E-state index in [1.165, 1.54) is 44.7 Å². The highest BCUT2D eigenvalue weighted by molar-refractivity contribution is 5.96. The lowest BCUT2D eigenvalue weighted by Crippen LogP contribution is -2.52. The number of rotatable bonds is 7. The summed E-state index contributed by atoms with van der Waals surface area (Å²) in [4.78, 5) is 31.5. The maximum Gasteiger partial charge on any atom is 0.271 e. The van der Waals surface area contributed by atoms with Crippen LogP contribution in [0.4, 0.5) is 23.0 Å². The van der Waals surface area contributed by atoms with Crippen LogP contribution in [-0.2, 0) is 6.42 Å². The Morgan fingerprint density at radius 3 is 2.32 bits per heavy atom. The van der Waals surface area contributed by atoms with Crippen LogP contribution in [0.1, 0.15) is 48.8 Å². The third-order valence-corrected chi connectivity index (χ3v) is 8.29. The van der Waals surface area contributed by atoms with Crippen LogP contribution in [0.25, 0.3) is 0 Å². The predicted octanol–water partition coefficient (Wildman–Crippen LogP) is 2.03. The Kier molecular flexibility index (Phi) is 8.30. The Labute approximate surface area is 226 Å². The molecule has 10 heteroatoms. The number of carbonyl (C=O) groups is 1. The highest BCUT2D eigenvalue weighted by Crippen LogP contribution is 2.29. The minimum atomic E-state index is -0.587. The number of nitrogens with zero attached hydrogens (tertiary/aromatic N) is 6. The first-order valence-corrected chi connectivity index (χ1v) is 14.2. The number of amides is 1. The number of hydrogen-bond donors (Lipinski definition) is 3. The van der Waals surface area contributed by atoms with E-state index in [-0.39, 0.29) is 11.7 Å². The van der Waals surface area contributed by atoms with Gasteiger partial charge in [0, 0.05) is 75.8 Å². The highest BCUT2D eigenvalue weighted by Gasteiger charge is 2.27. The molecule has 206 valence electrons. The number of piperazine rings is 1. The molecule has 0 radical (unpaired) electrons. The van der Waals surface area contributed by atoms with E-state index in [4.69, 9.17) is 16.5 Å². The minimum Gasteiger partial charge on any atom is -0.371 e. The molecule has 10 nitrogen and oxygen atoms in total. The Balaban J connectivity index is 1.27. The maximum absolute atomic E-state index is 12.3. The maximum atomic E-state index is 12.3. The van der Waals surface area contributed by atoms with Crippen LogP contribution in [0.3, 0.4) is 0 Å². The lowest BCUT2D eigenvalue weighted by molar-refractivity contribution is 0.0982. The standard InChI is InChI=1S/C28H43N9O/c1-3-24-28(37-12-4-5-20(29)19-37)33-27(25(32-24)26(30)38)31-21-6-8-22(9-7-21)35-13-10-23(11-14-35)36-17-15-34(2)16-18-36/h6-9,20,23H,3-5,10-19,29H2,1-2H3,(H2,30,38)(H,31,33)/t20-/m0/s1. The summed E-state index contributed by atoms with van der Waals surface area (Å²) in [6.45, 7) is 10.5. The summed E-state index contributed by atoms with van der Waals surface area (Å²) < 4.78 is 0. The van der Waals surface area contributed by atoms with Gasteiger partial charge in [-0.1, -0.05) is 6.92 Å². The van der Waals surface area contributed by atoms with Crippen LogP contribution in [0.2, 0.25) is 0 Å². The summed E-state index contributed by atoms with van der Waals surface area (Å²) >= 11 is 0. The van der Waals surface area contributed by atoms with E-state index >= 15 is 0 Å². The van der Waals surface area contributed by atoms with Gasteiger partial charge in [-0.25, -0.2) is 9.97 Å². The molecule has 0 spiro atoms. The first-order chi connectivity index (χ1) is 18.4. The van der Waals surface area contributed by atoms with Gasteiger partial charge < -0.3 is 31.5 Å². The van der Waals surface area contributed by atoms with Gasteiger partial charge >= 0.3 is 0 Å². The van der Waals surface area contributed by atoms with Crippen LogP contribution in [0.15, 0.2) is 24.3 Å². The molecule has 0 bridgehead atoms. The van der Waals surface area contributed by atoms with Gasteiger partial charge in [0.25, 0.3) is 5.91 Å². The fourth-order valence-electron chi connectivity index (χ4n) is 5.98. The monoisotopic (exact) mass is 521 g/mol. The average Bonchev–Trinajstić information content (AvgIpc) is 2.94. The fourth-order valence-corrected chi connectivity index (χ4v) is 5.98. The molecular formula is C28H43N9O. The van der Waals surface area contributed by atoms with E-state index in [1.54, 1.807) is 0 Å². The molecule has 0 saturated carbocycles. The molecule has 1 amide bonds. The van der Waals surface area contributed by atoms with Crippen molar-refractivity contribution in [1.82, 2.24) is 19.8 Å². The SMILES string of the molecule is CCc1nc(C(N)=O)c(Nc2ccc(N3CCC(N4CCN(C)CC4)CC3)cc2)nc1N1CCC[C@H](N)C1. The normalized spacial score (nSPS) is 22.0. The smallest absolute Gasteiger partial charge is 0.271 e. The molecule has 38 heavy (non-hydrogen) atoms. The number of likely N-dealkylation sites (N-methyl/N-ethyl adjacent to an activating group) is 1. The fraction of sp³-hybridized carbons (Fsp3) is 0.607. The van der Waals surface area contributed by atoms with Crippen LogP contribution in [0, 0.1) is 0 Å². The number of carbonyl (C=O) groups excluding carboxylic acids is 1. The molecule has 2 aromatic rings. The largest absolute Gasteiger partial charge is 0.371 e. The zero-order chi connectivity index (χ0) is 26.6. The Morgan fingerprint density at radius 2 is 1.68 bits per heavy atom. The number of benzene rings is 1. The van der Waals surface area contributed by atoms with Gasteiger partial charge in [0.15, 0.2) is 17.3 Å². The number of piperidine rings is 2. The Hall–Kier alpha value is -2.95. The molecule has 3 saturated heterocycles. The molecule has 0 unspecified atom stereocenters. The average molecular weight is 522 g/mol. The van der Waals surface area contributed by atoms with Crippen molar-refractivity contribution in [2.75, 3.05) is 74.5 Å². The van der Waals surface area contributed by atoms with Gasteiger partial charge in [-0.05, 0) is 63.4 Å². The second-order valence-corrected chi connectivity index (χ2v) is 11.0. The first-order valence-electron chi connectivity index (χ1n) is 14.2.